The van der Waals surface area contributed by atoms with Crippen molar-refractivity contribution in [2.75, 3.05) is 0 Å². The summed E-state index contributed by atoms with van der Waals surface area (Å²) < 4.78 is 0.231. The van der Waals surface area contributed by atoms with Gasteiger partial charge in [0.1, 0.15) is 0 Å². The molecule has 0 aliphatic carbocycles. The van der Waals surface area contributed by atoms with E-state index in [2.05, 4.69) is 5.43 Å². The number of hydrazine groups is 1. The fourth-order valence-electron chi connectivity index (χ4n) is 2.38. The van der Waals surface area contributed by atoms with Gasteiger partial charge in [0, 0.05) is 0 Å². The van der Waals surface area contributed by atoms with Crippen molar-refractivity contribution in [1.82, 2.24) is 10.4 Å². The van der Waals surface area contributed by atoms with Crippen LogP contribution in [-0.4, -0.2) is 32.2 Å². The summed E-state index contributed by atoms with van der Waals surface area (Å²) in [5.41, 5.74) is 4.18. The molecule has 1 aliphatic heterocycles. The monoisotopic (exact) mass is 398 g/mol. The van der Waals surface area contributed by atoms with Gasteiger partial charge in [-0.3, -0.25) is 15.0 Å². The molecule has 2 aromatic rings. The van der Waals surface area contributed by atoms with Crippen molar-refractivity contribution in [3.63, 3.8) is 0 Å². The lowest BCUT2D eigenvalue weighted by Crippen LogP contribution is -2.45. The SMILES string of the molecule is O=C(Cc1ccccc1)NN1C(=O)C(=Cc2ccc(C(=O)O)cc2)SC1=S. The molecule has 0 unspecified atom stereocenters. The number of thioether (sulfide) groups is 1. The highest BCUT2D eigenvalue weighted by molar-refractivity contribution is 8.26. The minimum atomic E-state index is -1.02. The quantitative estimate of drug-likeness (QED) is 0.595. The fourth-order valence-corrected chi connectivity index (χ4v) is 3.56. The van der Waals surface area contributed by atoms with E-state index in [4.69, 9.17) is 17.3 Å². The standard InChI is InChI=1S/C19H14N2O4S2/c22-16(11-12-4-2-1-3-5-12)20-21-17(23)15(27-19(21)26)10-13-6-8-14(9-7-13)18(24)25/h1-10H,11H2,(H,20,22)(H,24,25). The largest absolute Gasteiger partial charge is 0.478 e. The van der Waals surface area contributed by atoms with Crippen molar-refractivity contribution in [2.45, 2.75) is 6.42 Å². The first-order valence-electron chi connectivity index (χ1n) is 7.89. The molecule has 0 aromatic heterocycles. The van der Waals surface area contributed by atoms with E-state index < -0.39 is 11.9 Å². The van der Waals surface area contributed by atoms with Gasteiger partial charge < -0.3 is 5.11 Å². The second kappa shape index (κ2) is 8.15. The maximum absolute atomic E-state index is 12.5. The Kier molecular flexibility index (Phi) is 5.68. The van der Waals surface area contributed by atoms with Crippen LogP contribution in [0.3, 0.4) is 0 Å². The summed E-state index contributed by atoms with van der Waals surface area (Å²) in [6, 6.07) is 15.3. The third-order valence-electron chi connectivity index (χ3n) is 3.69. The van der Waals surface area contributed by atoms with E-state index in [0.29, 0.717) is 10.5 Å². The Hall–Kier alpha value is -2.97. The number of carbonyl (C=O) groups excluding carboxylic acids is 2. The number of nitrogens with zero attached hydrogens (tertiary/aromatic N) is 1. The number of carboxylic acid groups (broad SMARTS) is 1. The van der Waals surface area contributed by atoms with Crippen LogP contribution in [0.2, 0.25) is 0 Å². The molecule has 136 valence electrons. The highest BCUT2D eigenvalue weighted by Gasteiger charge is 2.33. The number of aromatic carboxylic acids is 1. The van der Waals surface area contributed by atoms with Crippen LogP contribution in [0.15, 0.2) is 59.5 Å². The normalized spacial score (nSPS) is 15.3. The molecule has 0 atom stereocenters. The average molecular weight is 398 g/mol. The van der Waals surface area contributed by atoms with Gasteiger partial charge in [-0.15, -0.1) is 0 Å². The van der Waals surface area contributed by atoms with Crippen molar-refractivity contribution in [3.05, 3.63) is 76.2 Å². The third kappa shape index (κ3) is 4.60. The van der Waals surface area contributed by atoms with E-state index in [9.17, 15) is 14.4 Å². The van der Waals surface area contributed by atoms with E-state index >= 15 is 0 Å². The van der Waals surface area contributed by atoms with Crippen LogP contribution in [0.1, 0.15) is 21.5 Å². The fraction of sp³-hybridized carbons (Fsp3) is 0.0526. The molecule has 0 spiro atoms. The lowest BCUT2D eigenvalue weighted by molar-refractivity contribution is -0.132. The van der Waals surface area contributed by atoms with Crippen LogP contribution in [0.4, 0.5) is 0 Å². The summed E-state index contributed by atoms with van der Waals surface area (Å²) in [5.74, 6) is -1.78. The molecule has 27 heavy (non-hydrogen) atoms. The minimum absolute atomic E-state index is 0.133. The summed E-state index contributed by atoms with van der Waals surface area (Å²) >= 11 is 6.26. The Balaban J connectivity index is 1.69. The highest BCUT2D eigenvalue weighted by atomic mass is 32.2. The molecule has 0 bridgehead atoms. The van der Waals surface area contributed by atoms with Gasteiger partial charge in [-0.25, -0.2) is 4.79 Å². The summed E-state index contributed by atoms with van der Waals surface area (Å²) in [4.78, 5) is 35.9. The van der Waals surface area contributed by atoms with E-state index in [1.807, 2.05) is 30.3 Å². The zero-order valence-electron chi connectivity index (χ0n) is 13.9. The van der Waals surface area contributed by atoms with Gasteiger partial charge in [-0.05, 0) is 41.6 Å². The Morgan fingerprint density at radius 1 is 1.11 bits per heavy atom. The van der Waals surface area contributed by atoms with Crippen molar-refractivity contribution >= 4 is 52.2 Å². The number of carbonyl (C=O) groups is 3. The average Bonchev–Trinajstić information content (AvgIpc) is 2.90. The van der Waals surface area contributed by atoms with E-state index in [0.717, 1.165) is 22.3 Å². The first-order valence-corrected chi connectivity index (χ1v) is 9.11. The minimum Gasteiger partial charge on any atom is -0.478 e. The maximum Gasteiger partial charge on any atom is 0.335 e. The number of hydrogen-bond donors (Lipinski definition) is 2. The third-order valence-corrected chi connectivity index (χ3v) is 5.00. The first kappa shape index (κ1) is 18.8. The summed E-state index contributed by atoms with van der Waals surface area (Å²) in [6.07, 6.45) is 1.74. The Morgan fingerprint density at radius 3 is 2.41 bits per heavy atom. The summed E-state index contributed by atoms with van der Waals surface area (Å²) in [7, 11) is 0. The smallest absolute Gasteiger partial charge is 0.335 e. The number of nitrogens with one attached hydrogen (secondary N) is 1. The Morgan fingerprint density at radius 2 is 1.78 bits per heavy atom. The van der Waals surface area contributed by atoms with Gasteiger partial charge in [0.2, 0.25) is 5.91 Å². The van der Waals surface area contributed by atoms with Gasteiger partial charge in [0.05, 0.1) is 16.9 Å². The molecule has 2 aromatic carbocycles. The molecule has 1 heterocycles. The molecule has 1 fully saturated rings. The van der Waals surface area contributed by atoms with E-state index in [1.54, 1.807) is 18.2 Å². The zero-order valence-corrected chi connectivity index (χ0v) is 15.5. The molecule has 1 saturated heterocycles. The lowest BCUT2D eigenvalue weighted by Gasteiger charge is -2.15. The highest BCUT2D eigenvalue weighted by Crippen LogP contribution is 2.31. The van der Waals surface area contributed by atoms with Gasteiger partial charge in [-0.2, -0.15) is 5.01 Å². The van der Waals surface area contributed by atoms with Crippen molar-refractivity contribution in [3.8, 4) is 0 Å². The topological polar surface area (TPSA) is 86.7 Å². The first-order chi connectivity index (χ1) is 12.9. The number of thiocarbonyl (C=S) groups is 1. The van der Waals surface area contributed by atoms with E-state index in [-0.39, 0.29) is 22.2 Å². The molecule has 6 nitrogen and oxygen atoms in total. The van der Waals surface area contributed by atoms with Crippen LogP contribution >= 0.6 is 24.0 Å². The van der Waals surface area contributed by atoms with Crippen molar-refractivity contribution in [2.24, 2.45) is 0 Å². The van der Waals surface area contributed by atoms with Gasteiger partial charge in [-0.1, -0.05) is 54.2 Å². The molecule has 2 amide bonds. The lowest BCUT2D eigenvalue weighted by atomic mass is 10.1. The van der Waals surface area contributed by atoms with Crippen molar-refractivity contribution in [1.29, 1.82) is 0 Å². The van der Waals surface area contributed by atoms with Crippen molar-refractivity contribution < 1.29 is 19.5 Å². The zero-order chi connectivity index (χ0) is 19.4. The number of carboxylic acids is 1. The molecule has 3 rings (SSSR count). The van der Waals surface area contributed by atoms with Gasteiger partial charge in [0.25, 0.3) is 5.91 Å². The second-order valence-electron chi connectivity index (χ2n) is 5.64. The van der Waals surface area contributed by atoms with Crippen LogP contribution in [0.25, 0.3) is 6.08 Å². The molecule has 1 aliphatic rings. The molecular weight excluding hydrogens is 384 g/mol. The molecule has 0 radical (unpaired) electrons. The Labute approximate surface area is 164 Å². The predicted molar refractivity (Wildman–Crippen MR) is 107 cm³/mol. The maximum atomic E-state index is 12.5. The Bertz CT molecular complexity index is 940. The predicted octanol–water partition coefficient (Wildman–Crippen LogP) is 2.86. The second-order valence-corrected chi connectivity index (χ2v) is 7.32. The summed E-state index contributed by atoms with van der Waals surface area (Å²) in [6.45, 7) is 0. The van der Waals surface area contributed by atoms with Gasteiger partial charge >= 0.3 is 5.97 Å². The number of rotatable bonds is 5. The van der Waals surface area contributed by atoms with Crippen LogP contribution in [0, 0.1) is 0 Å². The molecule has 2 N–H and O–H groups in total. The van der Waals surface area contributed by atoms with Crippen LogP contribution in [-0.2, 0) is 16.0 Å². The van der Waals surface area contributed by atoms with Gasteiger partial charge in [0.15, 0.2) is 4.32 Å². The van der Waals surface area contributed by atoms with Crippen LogP contribution < -0.4 is 5.43 Å². The molecule has 0 saturated carbocycles. The summed E-state index contributed by atoms with van der Waals surface area (Å²) in [5, 5.41) is 9.98. The molecular formula is C19H14N2O4S2. The number of hydrogen-bond acceptors (Lipinski definition) is 5. The number of benzene rings is 2. The molecule has 8 heteroatoms. The van der Waals surface area contributed by atoms with E-state index in [1.165, 1.54) is 12.1 Å². The van der Waals surface area contributed by atoms with Crippen LogP contribution in [0.5, 0.6) is 0 Å². The number of amides is 2.